The number of ether oxygens (including phenoxy) is 1. The Hall–Kier alpha value is -2.59. The van der Waals surface area contributed by atoms with E-state index in [0.717, 1.165) is 29.0 Å². The highest BCUT2D eigenvalue weighted by Gasteiger charge is 2.11. The predicted molar refractivity (Wildman–Crippen MR) is 85.9 cm³/mol. The molecule has 110 valence electrons. The van der Waals surface area contributed by atoms with Gasteiger partial charge in [0.15, 0.2) is 6.29 Å². The smallest absolute Gasteiger partial charge is 0.170 e. The molecule has 3 rings (SSSR count). The van der Waals surface area contributed by atoms with Gasteiger partial charge in [-0.1, -0.05) is 23.7 Å². The van der Waals surface area contributed by atoms with Gasteiger partial charge in [0, 0.05) is 10.6 Å². The van der Waals surface area contributed by atoms with E-state index in [2.05, 4.69) is 5.10 Å². The molecule has 1 aromatic heterocycles. The van der Waals surface area contributed by atoms with Crippen LogP contribution in [0.15, 0.2) is 54.6 Å². The summed E-state index contributed by atoms with van der Waals surface area (Å²) in [5.74, 6) is 0.763. The van der Waals surface area contributed by atoms with E-state index in [1.807, 2.05) is 48.5 Å². The van der Waals surface area contributed by atoms with Gasteiger partial charge in [-0.3, -0.25) is 4.79 Å². The number of rotatable bonds is 4. The number of halogens is 1. The van der Waals surface area contributed by atoms with Crippen molar-refractivity contribution in [3.05, 3.63) is 65.3 Å². The Morgan fingerprint density at radius 2 is 1.77 bits per heavy atom. The maximum absolute atomic E-state index is 11.1. The summed E-state index contributed by atoms with van der Waals surface area (Å²) in [6, 6.07) is 16.6. The first-order valence-corrected chi connectivity index (χ1v) is 7.04. The van der Waals surface area contributed by atoms with Crippen LogP contribution in [0, 0.1) is 0 Å². The first-order chi connectivity index (χ1) is 10.7. The number of aldehydes is 1. The maximum atomic E-state index is 11.1. The third-order valence-electron chi connectivity index (χ3n) is 3.31. The monoisotopic (exact) mass is 312 g/mol. The summed E-state index contributed by atoms with van der Waals surface area (Å²) >= 11 is 5.93. The molecule has 0 N–H and O–H groups in total. The number of hydrogen-bond acceptors (Lipinski definition) is 3. The molecular weight excluding hydrogens is 300 g/mol. The highest BCUT2D eigenvalue weighted by molar-refractivity contribution is 6.30. The summed E-state index contributed by atoms with van der Waals surface area (Å²) < 4.78 is 6.89. The van der Waals surface area contributed by atoms with E-state index in [0.29, 0.717) is 10.7 Å². The minimum atomic E-state index is 0.376. The molecular formula is C17H13ClN2O2. The lowest BCUT2D eigenvalue weighted by molar-refractivity contribution is 0.111. The fourth-order valence-electron chi connectivity index (χ4n) is 2.20. The quantitative estimate of drug-likeness (QED) is 0.684. The van der Waals surface area contributed by atoms with Gasteiger partial charge >= 0.3 is 0 Å². The van der Waals surface area contributed by atoms with Gasteiger partial charge in [0.1, 0.15) is 11.4 Å². The Morgan fingerprint density at radius 1 is 1.09 bits per heavy atom. The Balaban J connectivity index is 2.11. The molecule has 1 heterocycles. The van der Waals surface area contributed by atoms with E-state index in [4.69, 9.17) is 16.3 Å². The first-order valence-electron chi connectivity index (χ1n) is 6.67. The van der Waals surface area contributed by atoms with E-state index in [-0.39, 0.29) is 0 Å². The molecule has 0 amide bonds. The SMILES string of the molecule is COc1ccc(-n2nc(C=O)cc2-c2ccc(Cl)cc2)cc1. The van der Waals surface area contributed by atoms with E-state index < -0.39 is 0 Å². The second-order valence-electron chi connectivity index (χ2n) is 4.69. The lowest BCUT2D eigenvalue weighted by Crippen LogP contribution is -1.99. The van der Waals surface area contributed by atoms with Crippen molar-refractivity contribution in [1.82, 2.24) is 9.78 Å². The minimum absolute atomic E-state index is 0.376. The van der Waals surface area contributed by atoms with Crippen LogP contribution >= 0.6 is 11.6 Å². The highest BCUT2D eigenvalue weighted by atomic mass is 35.5. The molecule has 22 heavy (non-hydrogen) atoms. The normalized spacial score (nSPS) is 10.5. The van der Waals surface area contributed by atoms with E-state index >= 15 is 0 Å². The number of carbonyl (C=O) groups is 1. The van der Waals surface area contributed by atoms with Crippen LogP contribution in [-0.4, -0.2) is 23.2 Å². The Kier molecular flexibility index (Phi) is 3.94. The fraction of sp³-hybridized carbons (Fsp3) is 0.0588. The van der Waals surface area contributed by atoms with Crippen molar-refractivity contribution in [3.63, 3.8) is 0 Å². The van der Waals surface area contributed by atoms with Gasteiger partial charge in [-0.15, -0.1) is 0 Å². The molecule has 2 aromatic carbocycles. The summed E-state index contributed by atoms with van der Waals surface area (Å²) in [6.45, 7) is 0. The largest absolute Gasteiger partial charge is 0.497 e. The van der Waals surface area contributed by atoms with Crippen molar-refractivity contribution in [2.24, 2.45) is 0 Å². The van der Waals surface area contributed by atoms with Crippen LogP contribution in [-0.2, 0) is 0 Å². The average Bonchev–Trinajstić information content (AvgIpc) is 3.00. The van der Waals surface area contributed by atoms with Crippen molar-refractivity contribution in [2.45, 2.75) is 0 Å². The third-order valence-corrected chi connectivity index (χ3v) is 3.56. The average molecular weight is 313 g/mol. The second-order valence-corrected chi connectivity index (χ2v) is 5.13. The molecule has 0 aliphatic rings. The van der Waals surface area contributed by atoms with Crippen LogP contribution < -0.4 is 4.74 Å². The molecule has 0 aliphatic heterocycles. The summed E-state index contributed by atoms with van der Waals surface area (Å²) in [5.41, 5.74) is 2.98. The summed E-state index contributed by atoms with van der Waals surface area (Å²) in [5, 5.41) is 4.99. The number of carbonyl (C=O) groups excluding carboxylic acids is 1. The van der Waals surface area contributed by atoms with Gasteiger partial charge in [0.2, 0.25) is 0 Å². The lowest BCUT2D eigenvalue weighted by atomic mass is 10.1. The minimum Gasteiger partial charge on any atom is -0.497 e. The van der Waals surface area contributed by atoms with Crippen molar-refractivity contribution in [2.75, 3.05) is 7.11 Å². The summed E-state index contributed by atoms with van der Waals surface area (Å²) in [6.07, 6.45) is 0.736. The molecule has 3 aromatic rings. The van der Waals surface area contributed by atoms with Crippen molar-refractivity contribution < 1.29 is 9.53 Å². The lowest BCUT2D eigenvalue weighted by Gasteiger charge is -2.08. The molecule has 0 saturated heterocycles. The molecule has 0 spiro atoms. The van der Waals surface area contributed by atoms with Gasteiger partial charge < -0.3 is 4.74 Å². The Bertz CT molecular complexity index is 793. The molecule has 0 radical (unpaired) electrons. The first kappa shape index (κ1) is 14.4. The zero-order valence-corrected chi connectivity index (χ0v) is 12.6. The Morgan fingerprint density at radius 3 is 2.36 bits per heavy atom. The molecule has 0 atom stereocenters. The molecule has 0 aliphatic carbocycles. The van der Waals surface area contributed by atoms with Gasteiger partial charge in [0.25, 0.3) is 0 Å². The van der Waals surface area contributed by atoms with Crippen molar-refractivity contribution in [3.8, 4) is 22.7 Å². The standard InChI is InChI=1S/C17H13ClN2O2/c1-22-16-8-6-15(7-9-16)20-17(10-14(11-21)19-20)12-2-4-13(18)5-3-12/h2-11H,1H3. The fourth-order valence-corrected chi connectivity index (χ4v) is 2.33. The summed E-state index contributed by atoms with van der Waals surface area (Å²) in [4.78, 5) is 11.1. The van der Waals surface area contributed by atoms with Gasteiger partial charge in [-0.25, -0.2) is 4.68 Å². The van der Waals surface area contributed by atoms with Crippen LogP contribution in [0.4, 0.5) is 0 Å². The van der Waals surface area contributed by atoms with Crippen molar-refractivity contribution >= 4 is 17.9 Å². The number of benzene rings is 2. The molecule has 0 unspecified atom stereocenters. The summed E-state index contributed by atoms with van der Waals surface area (Å²) in [7, 11) is 1.62. The zero-order chi connectivity index (χ0) is 15.5. The molecule has 0 fully saturated rings. The zero-order valence-electron chi connectivity index (χ0n) is 11.9. The second kappa shape index (κ2) is 6.03. The molecule has 4 nitrogen and oxygen atoms in total. The van der Waals surface area contributed by atoms with E-state index in [1.165, 1.54) is 0 Å². The number of aromatic nitrogens is 2. The van der Waals surface area contributed by atoms with Gasteiger partial charge in [-0.2, -0.15) is 5.10 Å². The molecule has 0 bridgehead atoms. The van der Waals surface area contributed by atoms with Crippen LogP contribution in [0.3, 0.4) is 0 Å². The molecule has 5 heteroatoms. The van der Waals surface area contributed by atoms with Gasteiger partial charge in [-0.05, 0) is 42.5 Å². The topological polar surface area (TPSA) is 44.1 Å². The number of nitrogens with zero attached hydrogens (tertiary/aromatic N) is 2. The van der Waals surface area contributed by atoms with Crippen LogP contribution in [0.2, 0.25) is 5.02 Å². The predicted octanol–water partition coefficient (Wildman–Crippen LogP) is 4.01. The van der Waals surface area contributed by atoms with E-state index in [1.54, 1.807) is 17.9 Å². The highest BCUT2D eigenvalue weighted by Crippen LogP contribution is 2.26. The number of hydrogen-bond donors (Lipinski definition) is 0. The van der Waals surface area contributed by atoms with E-state index in [9.17, 15) is 4.79 Å². The van der Waals surface area contributed by atoms with Crippen LogP contribution in [0.25, 0.3) is 16.9 Å². The molecule has 0 saturated carbocycles. The number of methoxy groups -OCH3 is 1. The third kappa shape index (κ3) is 2.73. The van der Waals surface area contributed by atoms with Crippen LogP contribution in [0.5, 0.6) is 5.75 Å². The van der Waals surface area contributed by atoms with Crippen LogP contribution in [0.1, 0.15) is 10.5 Å². The van der Waals surface area contributed by atoms with Gasteiger partial charge in [0.05, 0.1) is 18.5 Å². The maximum Gasteiger partial charge on any atom is 0.170 e. The van der Waals surface area contributed by atoms with Crippen molar-refractivity contribution in [1.29, 1.82) is 0 Å². The Labute approximate surface area is 132 Å².